The molecule has 0 spiro atoms. The van der Waals surface area contributed by atoms with Crippen molar-refractivity contribution < 1.29 is 9.59 Å². The highest BCUT2D eigenvalue weighted by molar-refractivity contribution is 5.89. The molecule has 2 unspecified atom stereocenters. The molecule has 2 atom stereocenters. The van der Waals surface area contributed by atoms with E-state index in [9.17, 15) is 9.59 Å². The molecule has 2 amide bonds. The predicted molar refractivity (Wildman–Crippen MR) is 114 cm³/mol. The standard InChI is InChI=1S/C24H35N3O2/c1-2-26(17-20-12-13-25(16-20)15-19-8-4-3-5-9-19)24(29)21-14-23(28)27(18-21)22-10-6-7-11-22/h3-5,8-9,20-22H,2,6-7,10-18H2,1H3. The van der Waals surface area contributed by atoms with Crippen LogP contribution in [0.4, 0.5) is 0 Å². The van der Waals surface area contributed by atoms with Gasteiger partial charge >= 0.3 is 0 Å². The Bertz CT molecular complexity index is 701. The first-order valence-electron chi connectivity index (χ1n) is 11.5. The Morgan fingerprint density at radius 2 is 1.86 bits per heavy atom. The molecule has 1 aromatic rings. The van der Waals surface area contributed by atoms with Crippen LogP contribution in [-0.2, 0) is 16.1 Å². The number of nitrogens with zero attached hydrogens (tertiary/aromatic N) is 3. The molecule has 2 heterocycles. The highest BCUT2D eigenvalue weighted by Crippen LogP contribution is 2.30. The molecule has 2 aliphatic heterocycles. The molecule has 2 saturated heterocycles. The zero-order chi connectivity index (χ0) is 20.2. The van der Waals surface area contributed by atoms with Gasteiger partial charge in [0.2, 0.25) is 11.8 Å². The van der Waals surface area contributed by atoms with Crippen molar-refractivity contribution in [3.8, 4) is 0 Å². The third-order valence-electron chi connectivity index (χ3n) is 7.06. The lowest BCUT2D eigenvalue weighted by atomic mass is 10.0. The first-order chi connectivity index (χ1) is 14.1. The van der Waals surface area contributed by atoms with Crippen LogP contribution in [-0.4, -0.2) is 65.3 Å². The highest BCUT2D eigenvalue weighted by atomic mass is 16.2. The summed E-state index contributed by atoms with van der Waals surface area (Å²) >= 11 is 0. The summed E-state index contributed by atoms with van der Waals surface area (Å²) in [6.07, 6.45) is 6.22. The minimum Gasteiger partial charge on any atom is -0.342 e. The van der Waals surface area contributed by atoms with E-state index in [0.717, 1.165) is 52.0 Å². The van der Waals surface area contributed by atoms with Crippen molar-refractivity contribution in [1.82, 2.24) is 14.7 Å². The molecule has 158 valence electrons. The molecule has 3 aliphatic rings. The third-order valence-corrected chi connectivity index (χ3v) is 7.06. The van der Waals surface area contributed by atoms with E-state index in [1.54, 1.807) is 0 Å². The maximum absolute atomic E-state index is 13.2. The molecule has 1 aromatic carbocycles. The van der Waals surface area contributed by atoms with E-state index < -0.39 is 0 Å². The van der Waals surface area contributed by atoms with Gasteiger partial charge in [0.1, 0.15) is 0 Å². The molecule has 0 aromatic heterocycles. The SMILES string of the molecule is CCN(CC1CCN(Cc2ccccc2)C1)C(=O)C1CC(=O)N(C2CCCC2)C1. The number of hydrogen-bond donors (Lipinski definition) is 0. The second kappa shape index (κ2) is 9.29. The lowest BCUT2D eigenvalue weighted by Crippen LogP contribution is -2.41. The summed E-state index contributed by atoms with van der Waals surface area (Å²) in [7, 11) is 0. The molecule has 5 nitrogen and oxygen atoms in total. The van der Waals surface area contributed by atoms with Crippen molar-refractivity contribution in [2.45, 2.75) is 58.0 Å². The average molecular weight is 398 g/mol. The topological polar surface area (TPSA) is 43.9 Å². The van der Waals surface area contributed by atoms with E-state index in [4.69, 9.17) is 0 Å². The van der Waals surface area contributed by atoms with Crippen LogP contribution in [0.3, 0.4) is 0 Å². The lowest BCUT2D eigenvalue weighted by Gasteiger charge is -2.28. The van der Waals surface area contributed by atoms with E-state index in [1.807, 2.05) is 9.80 Å². The van der Waals surface area contributed by atoms with Gasteiger partial charge in [0.05, 0.1) is 5.92 Å². The molecule has 3 fully saturated rings. The number of benzene rings is 1. The van der Waals surface area contributed by atoms with Crippen LogP contribution < -0.4 is 0 Å². The van der Waals surface area contributed by atoms with Crippen LogP contribution in [0.2, 0.25) is 0 Å². The monoisotopic (exact) mass is 397 g/mol. The fraction of sp³-hybridized carbons (Fsp3) is 0.667. The van der Waals surface area contributed by atoms with Gasteiger partial charge in [-0.15, -0.1) is 0 Å². The Kier molecular flexibility index (Phi) is 6.53. The van der Waals surface area contributed by atoms with Crippen LogP contribution in [0.1, 0.15) is 51.0 Å². The molecule has 5 heteroatoms. The summed E-state index contributed by atoms with van der Waals surface area (Å²) in [4.78, 5) is 32.2. The van der Waals surface area contributed by atoms with Gasteiger partial charge in [-0.2, -0.15) is 0 Å². The Labute approximate surface area is 175 Å². The van der Waals surface area contributed by atoms with Crippen molar-refractivity contribution in [1.29, 1.82) is 0 Å². The number of carbonyl (C=O) groups is 2. The zero-order valence-corrected chi connectivity index (χ0v) is 17.8. The maximum Gasteiger partial charge on any atom is 0.227 e. The minimum absolute atomic E-state index is 0.134. The van der Waals surface area contributed by atoms with E-state index in [2.05, 4.69) is 42.2 Å². The molecule has 1 aliphatic carbocycles. The van der Waals surface area contributed by atoms with Gasteiger partial charge in [0, 0.05) is 45.2 Å². The molecule has 29 heavy (non-hydrogen) atoms. The van der Waals surface area contributed by atoms with Crippen molar-refractivity contribution >= 4 is 11.8 Å². The van der Waals surface area contributed by atoms with E-state index in [-0.39, 0.29) is 17.7 Å². The molecule has 1 saturated carbocycles. The summed E-state index contributed by atoms with van der Waals surface area (Å²) in [5.74, 6) is 0.791. The van der Waals surface area contributed by atoms with Crippen LogP contribution in [0.25, 0.3) is 0 Å². The maximum atomic E-state index is 13.2. The van der Waals surface area contributed by atoms with Gasteiger partial charge in [0.25, 0.3) is 0 Å². The molecular weight excluding hydrogens is 362 g/mol. The van der Waals surface area contributed by atoms with Gasteiger partial charge in [-0.25, -0.2) is 0 Å². The number of hydrogen-bond acceptors (Lipinski definition) is 3. The quantitative estimate of drug-likeness (QED) is 0.710. The number of amides is 2. The van der Waals surface area contributed by atoms with Gasteiger partial charge in [-0.05, 0) is 44.2 Å². The lowest BCUT2D eigenvalue weighted by molar-refractivity contribution is -0.136. The van der Waals surface area contributed by atoms with E-state index in [1.165, 1.54) is 18.4 Å². The highest BCUT2D eigenvalue weighted by Gasteiger charge is 2.40. The van der Waals surface area contributed by atoms with E-state index in [0.29, 0.717) is 24.9 Å². The molecule has 0 radical (unpaired) electrons. The summed E-state index contributed by atoms with van der Waals surface area (Å²) in [5.41, 5.74) is 1.35. The Balaban J connectivity index is 1.29. The van der Waals surface area contributed by atoms with Crippen molar-refractivity contribution in [3.63, 3.8) is 0 Å². The second-order valence-corrected chi connectivity index (χ2v) is 9.14. The van der Waals surface area contributed by atoms with Crippen LogP contribution >= 0.6 is 0 Å². The average Bonchev–Trinajstić information content (AvgIpc) is 3.47. The predicted octanol–water partition coefficient (Wildman–Crippen LogP) is 3.15. The number of likely N-dealkylation sites (tertiary alicyclic amines) is 2. The van der Waals surface area contributed by atoms with Gasteiger partial charge in [-0.3, -0.25) is 14.5 Å². The summed E-state index contributed by atoms with van der Waals surface area (Å²) < 4.78 is 0. The first kappa shape index (κ1) is 20.4. The van der Waals surface area contributed by atoms with Gasteiger partial charge in [0.15, 0.2) is 0 Å². The Morgan fingerprint density at radius 3 is 2.59 bits per heavy atom. The van der Waals surface area contributed by atoms with E-state index >= 15 is 0 Å². The molecule has 0 bridgehead atoms. The summed E-state index contributed by atoms with van der Waals surface area (Å²) in [6.45, 7) is 7.42. The number of carbonyl (C=O) groups excluding carboxylic acids is 2. The fourth-order valence-electron chi connectivity index (χ4n) is 5.46. The van der Waals surface area contributed by atoms with Gasteiger partial charge < -0.3 is 9.80 Å². The van der Waals surface area contributed by atoms with Crippen molar-refractivity contribution in [2.75, 3.05) is 32.7 Å². The minimum atomic E-state index is -0.134. The van der Waals surface area contributed by atoms with Gasteiger partial charge in [-0.1, -0.05) is 43.2 Å². The first-order valence-corrected chi connectivity index (χ1v) is 11.5. The second-order valence-electron chi connectivity index (χ2n) is 9.14. The summed E-state index contributed by atoms with van der Waals surface area (Å²) in [6, 6.07) is 11.0. The molecule has 4 rings (SSSR count). The van der Waals surface area contributed by atoms with Crippen molar-refractivity contribution in [2.24, 2.45) is 11.8 Å². The molecular formula is C24H35N3O2. The fourth-order valence-corrected chi connectivity index (χ4v) is 5.46. The third kappa shape index (κ3) is 4.82. The zero-order valence-electron chi connectivity index (χ0n) is 17.8. The Morgan fingerprint density at radius 1 is 1.10 bits per heavy atom. The van der Waals surface area contributed by atoms with Crippen molar-refractivity contribution in [3.05, 3.63) is 35.9 Å². The normalized spacial score (nSPS) is 25.8. The van der Waals surface area contributed by atoms with Crippen LogP contribution in [0.15, 0.2) is 30.3 Å². The number of rotatable bonds is 7. The largest absolute Gasteiger partial charge is 0.342 e. The van der Waals surface area contributed by atoms with Crippen LogP contribution in [0.5, 0.6) is 0 Å². The summed E-state index contributed by atoms with van der Waals surface area (Å²) in [5, 5.41) is 0. The Hall–Kier alpha value is -1.88. The van der Waals surface area contributed by atoms with Crippen LogP contribution in [0, 0.1) is 11.8 Å². The molecule has 0 N–H and O–H groups in total. The smallest absolute Gasteiger partial charge is 0.227 e.